The molecule has 0 atom stereocenters. The molecule has 0 aliphatic rings. The van der Waals surface area contributed by atoms with Crippen LogP contribution in [0, 0.1) is 4.77 Å². The summed E-state index contributed by atoms with van der Waals surface area (Å²) in [5.41, 5.74) is 0. The topological polar surface area (TPSA) is 92.7 Å². The number of rotatable bonds is 6. The van der Waals surface area contributed by atoms with Crippen molar-refractivity contribution in [3.05, 3.63) is 4.77 Å². The quantitative estimate of drug-likeness (QED) is 0.675. The van der Waals surface area contributed by atoms with Gasteiger partial charge in [-0.15, -0.1) is 0 Å². The van der Waals surface area contributed by atoms with Crippen molar-refractivity contribution in [3.8, 4) is 0 Å². The molecule has 0 aliphatic carbocycles. The van der Waals surface area contributed by atoms with Gasteiger partial charge in [-0.05, 0) is 18.6 Å². The minimum atomic E-state index is -3.23. The second-order valence-electron chi connectivity index (χ2n) is 2.95. The summed E-state index contributed by atoms with van der Waals surface area (Å²) in [5.74, 6) is -0.0365. The third-order valence-corrected chi connectivity index (χ3v) is 3.35. The van der Waals surface area contributed by atoms with Gasteiger partial charge in [-0.25, -0.2) is 17.8 Å². The monoisotopic (exact) mass is 251 g/mol. The molecule has 0 saturated carbocycles. The van der Waals surface area contributed by atoms with Crippen molar-refractivity contribution in [1.29, 1.82) is 0 Å². The van der Waals surface area contributed by atoms with Gasteiger partial charge in [-0.2, -0.15) is 5.21 Å². The van der Waals surface area contributed by atoms with Gasteiger partial charge in [0.1, 0.15) is 0 Å². The van der Waals surface area contributed by atoms with Crippen LogP contribution in [0.15, 0.2) is 0 Å². The molecule has 0 saturated heterocycles. The van der Waals surface area contributed by atoms with Gasteiger partial charge >= 0.3 is 0 Å². The van der Waals surface area contributed by atoms with Crippen molar-refractivity contribution in [2.75, 3.05) is 12.3 Å². The van der Waals surface area contributed by atoms with Gasteiger partial charge in [0, 0.05) is 6.54 Å². The molecule has 0 unspecified atom stereocenters. The Balaban J connectivity index is 2.50. The fourth-order valence-corrected chi connectivity index (χ4v) is 2.16. The first kappa shape index (κ1) is 12.3. The summed E-state index contributed by atoms with van der Waals surface area (Å²) in [5, 5.41) is 9.48. The second-order valence-corrected chi connectivity index (χ2v) is 5.24. The van der Waals surface area contributed by atoms with Crippen LogP contribution in [-0.2, 0) is 16.6 Å². The van der Waals surface area contributed by atoms with Crippen LogP contribution in [0.5, 0.6) is 0 Å². The lowest BCUT2D eigenvalue weighted by Gasteiger charge is -2.04. The molecule has 0 bridgehead atoms. The van der Waals surface area contributed by atoms with E-state index in [1.54, 1.807) is 0 Å². The van der Waals surface area contributed by atoms with E-state index in [0.29, 0.717) is 6.54 Å². The van der Waals surface area contributed by atoms with E-state index >= 15 is 0 Å². The Morgan fingerprint density at radius 3 is 2.87 bits per heavy atom. The Morgan fingerprint density at radius 1 is 1.60 bits per heavy atom. The highest BCUT2D eigenvalue weighted by molar-refractivity contribution is 7.89. The van der Waals surface area contributed by atoms with E-state index in [9.17, 15) is 8.42 Å². The highest BCUT2D eigenvalue weighted by atomic mass is 32.2. The SMILES string of the molecule is CCCNS(=O)(=O)CCn1[nH]nnc1=S. The average molecular weight is 251 g/mol. The van der Waals surface area contributed by atoms with E-state index in [-0.39, 0.29) is 17.1 Å². The molecule has 9 heteroatoms. The molecule has 7 nitrogen and oxygen atoms in total. The number of hydrogen-bond donors (Lipinski definition) is 2. The first-order chi connectivity index (χ1) is 7.05. The lowest BCUT2D eigenvalue weighted by Crippen LogP contribution is -2.29. The molecule has 15 heavy (non-hydrogen) atoms. The van der Waals surface area contributed by atoms with E-state index in [1.807, 2.05) is 6.92 Å². The molecule has 2 N–H and O–H groups in total. The highest BCUT2D eigenvalue weighted by Crippen LogP contribution is 1.90. The Hall–Kier alpha value is -0.800. The Bertz CT molecular complexity index is 448. The van der Waals surface area contributed by atoms with Gasteiger partial charge in [0.2, 0.25) is 14.8 Å². The maximum Gasteiger partial charge on any atom is 0.238 e. The predicted octanol–water partition coefficient (Wildman–Crippen LogP) is -0.335. The first-order valence-corrected chi connectivity index (χ1v) is 6.56. The van der Waals surface area contributed by atoms with Gasteiger partial charge in [0.15, 0.2) is 0 Å². The number of tetrazole rings is 1. The molecule has 1 rings (SSSR count). The lowest BCUT2D eigenvalue weighted by atomic mass is 10.5. The van der Waals surface area contributed by atoms with Crippen LogP contribution in [0.4, 0.5) is 0 Å². The Kier molecular flexibility index (Phi) is 4.36. The van der Waals surface area contributed by atoms with Crippen molar-refractivity contribution in [2.45, 2.75) is 19.9 Å². The summed E-state index contributed by atoms with van der Waals surface area (Å²) in [6, 6.07) is 0. The number of aryl methyl sites for hydroxylation is 1. The fourth-order valence-electron chi connectivity index (χ4n) is 0.903. The summed E-state index contributed by atoms with van der Waals surface area (Å²) in [6.45, 7) is 2.58. The molecule has 0 spiro atoms. The average Bonchev–Trinajstić information content (AvgIpc) is 2.58. The largest absolute Gasteiger partial charge is 0.241 e. The molecule has 0 aliphatic heterocycles. The number of nitrogens with one attached hydrogen (secondary N) is 2. The van der Waals surface area contributed by atoms with Gasteiger partial charge in [-0.3, -0.25) is 0 Å². The molecule has 1 aromatic rings. The minimum absolute atomic E-state index is 0.0365. The molecular formula is C6H13N5O2S2. The second kappa shape index (κ2) is 5.33. The van der Waals surface area contributed by atoms with Crippen LogP contribution < -0.4 is 4.72 Å². The Morgan fingerprint density at radius 2 is 2.33 bits per heavy atom. The first-order valence-electron chi connectivity index (χ1n) is 4.50. The standard InChI is InChI=1S/C6H13N5O2S2/c1-2-3-7-15(12,13)5-4-11-6(14)8-9-10-11/h7H,2-5H2,1H3,(H,8,10,14). The van der Waals surface area contributed by atoms with Gasteiger partial charge in [0.25, 0.3) is 0 Å². The summed E-state index contributed by atoms with van der Waals surface area (Å²) in [7, 11) is -3.23. The van der Waals surface area contributed by atoms with Gasteiger partial charge < -0.3 is 0 Å². The molecule has 1 heterocycles. The zero-order chi connectivity index (χ0) is 11.3. The number of H-pyrrole nitrogens is 1. The van der Waals surface area contributed by atoms with Crippen molar-refractivity contribution in [2.24, 2.45) is 0 Å². The van der Waals surface area contributed by atoms with E-state index < -0.39 is 10.0 Å². The molecule has 0 fully saturated rings. The van der Waals surface area contributed by atoms with Crippen molar-refractivity contribution >= 4 is 22.2 Å². The molecule has 1 aromatic heterocycles. The van der Waals surface area contributed by atoms with E-state index in [4.69, 9.17) is 12.2 Å². The highest BCUT2D eigenvalue weighted by Gasteiger charge is 2.09. The van der Waals surface area contributed by atoms with Crippen LogP contribution in [0.25, 0.3) is 0 Å². The number of hydrogen-bond acceptors (Lipinski definition) is 5. The summed E-state index contributed by atoms with van der Waals surface area (Å²) in [6.07, 6.45) is 0.768. The van der Waals surface area contributed by atoms with Crippen LogP contribution >= 0.6 is 12.2 Å². The molecule has 86 valence electrons. The van der Waals surface area contributed by atoms with E-state index in [1.165, 1.54) is 4.68 Å². The summed E-state index contributed by atoms with van der Waals surface area (Å²) < 4.78 is 26.9. The smallest absolute Gasteiger partial charge is 0.238 e. The third-order valence-electron chi connectivity index (χ3n) is 1.69. The van der Waals surface area contributed by atoms with Crippen LogP contribution in [-0.4, -0.2) is 40.9 Å². The zero-order valence-electron chi connectivity index (χ0n) is 8.30. The fraction of sp³-hybridized carbons (Fsp3) is 0.833. The summed E-state index contributed by atoms with van der Waals surface area (Å²) in [4.78, 5) is 0. The maximum atomic E-state index is 11.4. The van der Waals surface area contributed by atoms with E-state index in [0.717, 1.165) is 6.42 Å². The Labute approximate surface area is 92.9 Å². The number of aromatic nitrogens is 4. The number of nitrogens with zero attached hydrogens (tertiary/aromatic N) is 3. The maximum absolute atomic E-state index is 11.4. The molecule has 0 amide bonds. The third kappa shape index (κ3) is 4.06. The number of aromatic amines is 1. The van der Waals surface area contributed by atoms with Crippen molar-refractivity contribution < 1.29 is 8.42 Å². The number of sulfonamides is 1. The minimum Gasteiger partial charge on any atom is -0.241 e. The van der Waals surface area contributed by atoms with Crippen molar-refractivity contribution in [1.82, 2.24) is 24.9 Å². The van der Waals surface area contributed by atoms with Crippen LogP contribution in [0.2, 0.25) is 0 Å². The van der Waals surface area contributed by atoms with Gasteiger partial charge in [-0.1, -0.05) is 17.2 Å². The van der Waals surface area contributed by atoms with Crippen molar-refractivity contribution in [3.63, 3.8) is 0 Å². The van der Waals surface area contributed by atoms with Crippen LogP contribution in [0.1, 0.15) is 13.3 Å². The van der Waals surface area contributed by atoms with E-state index in [2.05, 4.69) is 20.2 Å². The molecular weight excluding hydrogens is 238 g/mol. The molecule has 0 radical (unpaired) electrons. The normalized spacial score (nSPS) is 11.8. The lowest BCUT2D eigenvalue weighted by molar-refractivity contribution is 0.561. The van der Waals surface area contributed by atoms with Gasteiger partial charge in [0.05, 0.1) is 12.3 Å². The predicted molar refractivity (Wildman–Crippen MR) is 57.3 cm³/mol. The summed E-state index contributed by atoms with van der Waals surface area (Å²) >= 11 is 4.80. The molecule has 0 aromatic carbocycles. The van der Waals surface area contributed by atoms with Crippen LogP contribution in [0.3, 0.4) is 0 Å². The zero-order valence-corrected chi connectivity index (χ0v) is 9.94.